The molecule has 0 fully saturated rings. The maximum Gasteiger partial charge on any atom is 0.274 e. The monoisotopic (exact) mass is 451 g/mol. The van der Waals surface area contributed by atoms with Gasteiger partial charge in [-0.1, -0.05) is 48.5 Å². The van der Waals surface area contributed by atoms with Crippen LogP contribution >= 0.6 is 0 Å². The molecule has 2 aromatic carbocycles. The second-order valence-corrected chi connectivity index (χ2v) is 8.48. The number of nitrogens with one attached hydrogen (secondary N) is 1. The predicted molar refractivity (Wildman–Crippen MR) is 136 cm³/mol. The van der Waals surface area contributed by atoms with Crippen LogP contribution in [0.25, 0.3) is 44.4 Å². The summed E-state index contributed by atoms with van der Waals surface area (Å²) in [6.45, 7) is 0.509. The Morgan fingerprint density at radius 2 is 1.53 bits per heavy atom. The third-order valence-corrected chi connectivity index (χ3v) is 6.12. The third-order valence-electron chi connectivity index (χ3n) is 6.12. The first-order chi connectivity index (χ1) is 16.5. The number of benzene rings is 2. The highest BCUT2D eigenvalue weighted by Gasteiger charge is 2.18. The Kier molecular flexibility index (Phi) is 5.51. The zero-order valence-corrected chi connectivity index (χ0v) is 19.3. The molecule has 0 bridgehead atoms. The van der Waals surface area contributed by atoms with E-state index in [1.54, 1.807) is 36.4 Å². The van der Waals surface area contributed by atoms with E-state index in [1.165, 1.54) is 0 Å². The Labute approximate surface area is 196 Å². The molecular formula is C28H25N3O3. The number of aromatic amines is 1. The molecule has 0 saturated heterocycles. The molecule has 0 aliphatic rings. The number of methoxy groups -OCH3 is 1. The van der Waals surface area contributed by atoms with Crippen LogP contribution in [0.2, 0.25) is 0 Å². The van der Waals surface area contributed by atoms with Gasteiger partial charge in [0, 0.05) is 61.9 Å². The van der Waals surface area contributed by atoms with Gasteiger partial charge in [-0.25, -0.2) is 0 Å². The molecule has 3 aromatic heterocycles. The van der Waals surface area contributed by atoms with Gasteiger partial charge in [0.05, 0.1) is 6.61 Å². The van der Waals surface area contributed by atoms with Gasteiger partial charge in [0.2, 0.25) is 0 Å². The molecule has 0 spiro atoms. The summed E-state index contributed by atoms with van der Waals surface area (Å²) >= 11 is 0. The Balaban J connectivity index is 1.79. The number of pyridine rings is 2. The molecule has 1 N–H and O–H groups in total. The molecule has 6 nitrogen and oxygen atoms in total. The number of rotatable bonds is 5. The lowest BCUT2D eigenvalue weighted by molar-refractivity contribution is 0.185. The highest BCUT2D eigenvalue weighted by molar-refractivity contribution is 6.00. The number of ether oxygens (including phenoxy) is 1. The molecule has 0 unspecified atom stereocenters. The minimum atomic E-state index is -0.122. The SMILES string of the molecule is COCc1cccc(-c2cc3c(-c4cc(=O)n(C)cc4-c4ccccc4)cn(C)c(=O)c3[nH]2)c1. The summed E-state index contributed by atoms with van der Waals surface area (Å²) in [4.78, 5) is 29.1. The van der Waals surface area contributed by atoms with Crippen LogP contribution < -0.4 is 11.1 Å². The van der Waals surface area contributed by atoms with E-state index >= 15 is 0 Å². The van der Waals surface area contributed by atoms with Crippen LogP contribution in [-0.2, 0) is 25.4 Å². The maximum absolute atomic E-state index is 13.0. The molecule has 170 valence electrons. The molecule has 0 aliphatic heterocycles. The molecule has 6 heteroatoms. The van der Waals surface area contributed by atoms with Gasteiger partial charge in [-0.2, -0.15) is 0 Å². The average molecular weight is 452 g/mol. The summed E-state index contributed by atoms with van der Waals surface area (Å²) in [5.41, 5.74) is 6.65. The largest absolute Gasteiger partial charge is 0.380 e. The highest BCUT2D eigenvalue weighted by Crippen LogP contribution is 2.36. The summed E-state index contributed by atoms with van der Waals surface area (Å²) in [6.07, 6.45) is 3.66. The highest BCUT2D eigenvalue weighted by atomic mass is 16.5. The van der Waals surface area contributed by atoms with E-state index < -0.39 is 0 Å². The van der Waals surface area contributed by atoms with Gasteiger partial charge in [0.25, 0.3) is 11.1 Å². The number of aryl methyl sites for hydroxylation is 2. The van der Waals surface area contributed by atoms with E-state index in [0.717, 1.165) is 44.5 Å². The Bertz CT molecular complexity index is 1630. The smallest absolute Gasteiger partial charge is 0.274 e. The first kappa shape index (κ1) is 21.7. The van der Waals surface area contributed by atoms with Crippen molar-refractivity contribution in [1.29, 1.82) is 0 Å². The Morgan fingerprint density at radius 1 is 0.794 bits per heavy atom. The van der Waals surface area contributed by atoms with Crippen LogP contribution in [0.3, 0.4) is 0 Å². The molecule has 0 aliphatic carbocycles. The first-order valence-electron chi connectivity index (χ1n) is 11.0. The van der Waals surface area contributed by atoms with Gasteiger partial charge in [-0.05, 0) is 34.4 Å². The number of hydrogen-bond acceptors (Lipinski definition) is 3. The molecule has 34 heavy (non-hydrogen) atoms. The van der Waals surface area contributed by atoms with Crippen molar-refractivity contribution < 1.29 is 4.74 Å². The van der Waals surface area contributed by atoms with Crippen LogP contribution in [0, 0.1) is 0 Å². The predicted octanol–water partition coefficient (Wildman–Crippen LogP) is 4.71. The van der Waals surface area contributed by atoms with Gasteiger partial charge in [-0.15, -0.1) is 0 Å². The molecule has 5 aromatic rings. The fourth-order valence-electron chi connectivity index (χ4n) is 4.40. The van der Waals surface area contributed by atoms with Gasteiger partial charge in [0.1, 0.15) is 5.52 Å². The Hall–Kier alpha value is -4.16. The van der Waals surface area contributed by atoms with E-state index in [4.69, 9.17) is 4.74 Å². The number of H-pyrrole nitrogens is 1. The lowest BCUT2D eigenvalue weighted by atomic mass is 9.95. The van der Waals surface area contributed by atoms with Gasteiger partial charge < -0.3 is 18.9 Å². The van der Waals surface area contributed by atoms with Crippen molar-refractivity contribution >= 4 is 10.9 Å². The summed E-state index contributed by atoms with van der Waals surface area (Å²) < 4.78 is 8.41. The zero-order chi connectivity index (χ0) is 23.8. The van der Waals surface area contributed by atoms with Crippen molar-refractivity contribution in [2.75, 3.05) is 7.11 Å². The van der Waals surface area contributed by atoms with Crippen molar-refractivity contribution in [3.63, 3.8) is 0 Å². The molecule has 0 atom stereocenters. The first-order valence-corrected chi connectivity index (χ1v) is 11.0. The van der Waals surface area contributed by atoms with Crippen molar-refractivity contribution in [2.24, 2.45) is 14.1 Å². The second-order valence-electron chi connectivity index (χ2n) is 8.48. The van der Waals surface area contributed by atoms with Crippen molar-refractivity contribution in [3.05, 3.63) is 105 Å². The van der Waals surface area contributed by atoms with E-state index in [9.17, 15) is 9.59 Å². The number of fused-ring (bicyclic) bond motifs is 1. The number of aromatic nitrogens is 3. The molecule has 0 saturated carbocycles. The fraction of sp³-hybridized carbons (Fsp3) is 0.143. The number of hydrogen-bond donors (Lipinski definition) is 1. The lowest BCUT2D eigenvalue weighted by Crippen LogP contribution is -2.18. The molecule has 5 rings (SSSR count). The standard InChI is InChI=1S/C28H25N3O3/c1-30-15-23(19-9-5-4-6-10-19)21(14-26(30)32)24-16-31(2)28(33)27-22(24)13-25(29-27)20-11-7-8-18(12-20)17-34-3/h4-16,29H,17H2,1-3H3. The average Bonchev–Trinajstić information content (AvgIpc) is 3.30. The minimum absolute atomic E-state index is 0.111. The lowest BCUT2D eigenvalue weighted by Gasteiger charge is -2.14. The quantitative estimate of drug-likeness (QED) is 0.421. The summed E-state index contributed by atoms with van der Waals surface area (Å²) in [5.74, 6) is 0. The molecule has 3 heterocycles. The topological polar surface area (TPSA) is 69.0 Å². The van der Waals surface area contributed by atoms with Crippen molar-refractivity contribution in [1.82, 2.24) is 14.1 Å². The van der Waals surface area contributed by atoms with Crippen molar-refractivity contribution in [2.45, 2.75) is 6.61 Å². The van der Waals surface area contributed by atoms with E-state index in [0.29, 0.717) is 12.1 Å². The van der Waals surface area contributed by atoms with Crippen molar-refractivity contribution in [3.8, 4) is 33.5 Å². The molecule has 0 radical (unpaired) electrons. The van der Waals surface area contributed by atoms with Crippen LogP contribution in [0.5, 0.6) is 0 Å². The summed E-state index contributed by atoms with van der Waals surface area (Å²) in [6, 6.07) is 21.6. The van der Waals surface area contributed by atoms with Crippen LogP contribution in [0.1, 0.15) is 5.56 Å². The van der Waals surface area contributed by atoms with E-state index in [1.807, 2.05) is 73.1 Å². The summed E-state index contributed by atoms with van der Waals surface area (Å²) in [7, 11) is 5.14. The van der Waals surface area contributed by atoms with Crippen LogP contribution in [-0.4, -0.2) is 21.2 Å². The third kappa shape index (κ3) is 3.78. The minimum Gasteiger partial charge on any atom is -0.380 e. The normalized spacial score (nSPS) is 11.3. The van der Waals surface area contributed by atoms with E-state index in [-0.39, 0.29) is 11.1 Å². The van der Waals surface area contributed by atoms with Gasteiger partial charge >= 0.3 is 0 Å². The van der Waals surface area contributed by atoms with E-state index in [2.05, 4.69) is 4.98 Å². The molecular weight excluding hydrogens is 426 g/mol. The van der Waals surface area contributed by atoms with Crippen LogP contribution in [0.15, 0.2) is 88.7 Å². The fourth-order valence-corrected chi connectivity index (χ4v) is 4.40. The zero-order valence-electron chi connectivity index (χ0n) is 19.3. The maximum atomic E-state index is 13.0. The summed E-state index contributed by atoms with van der Waals surface area (Å²) in [5, 5.41) is 0.778. The second kappa shape index (κ2) is 8.65. The molecule has 0 amide bonds. The Morgan fingerprint density at radius 3 is 2.29 bits per heavy atom. The van der Waals surface area contributed by atoms with Gasteiger partial charge in [-0.3, -0.25) is 9.59 Å². The van der Waals surface area contributed by atoms with Gasteiger partial charge in [0.15, 0.2) is 0 Å². The van der Waals surface area contributed by atoms with Crippen LogP contribution in [0.4, 0.5) is 0 Å². The number of nitrogens with zero attached hydrogens (tertiary/aromatic N) is 2.